The average molecular weight is 350 g/mol. The first-order valence-electron chi connectivity index (χ1n) is 8.90. The molecular weight excluding hydrogens is 328 g/mol. The molecule has 0 N–H and O–H groups in total. The molecular formula is C19H22N6O. The summed E-state index contributed by atoms with van der Waals surface area (Å²) in [5.41, 5.74) is 1.88. The van der Waals surface area contributed by atoms with Crippen LogP contribution in [0, 0.1) is 0 Å². The van der Waals surface area contributed by atoms with E-state index in [1.807, 2.05) is 38.1 Å². The van der Waals surface area contributed by atoms with Gasteiger partial charge in [0, 0.05) is 44.1 Å². The van der Waals surface area contributed by atoms with E-state index in [1.54, 1.807) is 23.4 Å². The number of hydrogen-bond acceptors (Lipinski definition) is 6. The number of anilines is 2. The van der Waals surface area contributed by atoms with E-state index in [-0.39, 0.29) is 11.6 Å². The van der Waals surface area contributed by atoms with Crippen molar-refractivity contribution in [2.75, 3.05) is 36.0 Å². The topological polar surface area (TPSA) is 67.2 Å². The third-order valence-electron chi connectivity index (χ3n) is 4.86. The van der Waals surface area contributed by atoms with Gasteiger partial charge in [-0.05, 0) is 38.1 Å². The molecule has 0 atom stereocenters. The van der Waals surface area contributed by atoms with Crippen molar-refractivity contribution in [2.45, 2.75) is 19.9 Å². The summed E-state index contributed by atoms with van der Waals surface area (Å²) >= 11 is 0. The van der Waals surface area contributed by atoms with Gasteiger partial charge in [-0.25, -0.2) is 15.0 Å². The van der Waals surface area contributed by atoms with Crippen molar-refractivity contribution in [1.82, 2.24) is 19.5 Å². The van der Waals surface area contributed by atoms with E-state index in [4.69, 9.17) is 0 Å². The van der Waals surface area contributed by atoms with E-state index >= 15 is 0 Å². The van der Waals surface area contributed by atoms with Gasteiger partial charge in [0.15, 0.2) is 0 Å². The summed E-state index contributed by atoms with van der Waals surface area (Å²) in [6, 6.07) is 7.98. The number of benzene rings is 1. The normalized spacial score (nSPS) is 15.0. The quantitative estimate of drug-likeness (QED) is 0.721. The van der Waals surface area contributed by atoms with Crippen LogP contribution in [0.15, 0.2) is 47.9 Å². The van der Waals surface area contributed by atoms with Gasteiger partial charge in [-0.3, -0.25) is 9.36 Å². The first-order valence-corrected chi connectivity index (χ1v) is 8.90. The molecule has 1 aliphatic rings. The van der Waals surface area contributed by atoms with E-state index in [1.165, 1.54) is 0 Å². The van der Waals surface area contributed by atoms with Crippen molar-refractivity contribution in [3.05, 3.63) is 53.5 Å². The molecule has 3 heterocycles. The second-order valence-corrected chi connectivity index (χ2v) is 6.79. The molecule has 0 amide bonds. The SMILES string of the molecule is CC(C)n1cnc2cc(N3CCN(c4ccncn4)CC3)ccc2c1=O. The van der Waals surface area contributed by atoms with Gasteiger partial charge >= 0.3 is 0 Å². The lowest BCUT2D eigenvalue weighted by atomic mass is 10.2. The zero-order valence-corrected chi connectivity index (χ0v) is 15.0. The van der Waals surface area contributed by atoms with E-state index in [0.717, 1.165) is 43.2 Å². The Bertz CT molecular complexity index is 961. The Balaban J connectivity index is 1.55. The number of piperazine rings is 1. The van der Waals surface area contributed by atoms with E-state index < -0.39 is 0 Å². The number of nitrogens with zero attached hydrogens (tertiary/aromatic N) is 6. The van der Waals surface area contributed by atoms with Crippen molar-refractivity contribution in [3.63, 3.8) is 0 Å². The molecule has 1 fully saturated rings. The lowest BCUT2D eigenvalue weighted by Gasteiger charge is -2.36. The van der Waals surface area contributed by atoms with Gasteiger partial charge in [-0.2, -0.15) is 0 Å². The first-order chi connectivity index (χ1) is 12.6. The molecule has 0 bridgehead atoms. The highest BCUT2D eigenvalue weighted by atomic mass is 16.1. The second-order valence-electron chi connectivity index (χ2n) is 6.79. The molecule has 26 heavy (non-hydrogen) atoms. The predicted molar refractivity (Wildman–Crippen MR) is 103 cm³/mol. The zero-order chi connectivity index (χ0) is 18.1. The van der Waals surface area contributed by atoms with Crippen LogP contribution < -0.4 is 15.4 Å². The monoisotopic (exact) mass is 350 g/mol. The summed E-state index contributed by atoms with van der Waals surface area (Å²) in [4.78, 5) is 29.9. The molecule has 134 valence electrons. The largest absolute Gasteiger partial charge is 0.368 e. The summed E-state index contributed by atoms with van der Waals surface area (Å²) in [5.74, 6) is 0.967. The fourth-order valence-electron chi connectivity index (χ4n) is 3.35. The molecule has 1 aliphatic heterocycles. The Hall–Kier alpha value is -2.96. The molecule has 1 saturated heterocycles. The number of fused-ring (bicyclic) bond motifs is 1. The number of rotatable bonds is 3. The van der Waals surface area contributed by atoms with Crippen LogP contribution in [-0.2, 0) is 0 Å². The average Bonchev–Trinajstić information content (AvgIpc) is 2.68. The minimum absolute atomic E-state index is 0.0186. The summed E-state index contributed by atoms with van der Waals surface area (Å²) in [7, 11) is 0. The minimum atomic E-state index is 0.0186. The van der Waals surface area contributed by atoms with Crippen LogP contribution in [0.5, 0.6) is 0 Å². The fraction of sp³-hybridized carbons (Fsp3) is 0.368. The van der Waals surface area contributed by atoms with Gasteiger partial charge in [0.1, 0.15) is 12.1 Å². The molecule has 4 rings (SSSR count). The van der Waals surface area contributed by atoms with Gasteiger partial charge in [-0.15, -0.1) is 0 Å². The van der Waals surface area contributed by atoms with E-state index in [9.17, 15) is 4.79 Å². The molecule has 0 spiro atoms. The van der Waals surface area contributed by atoms with Crippen LogP contribution in [0.4, 0.5) is 11.5 Å². The molecule has 0 radical (unpaired) electrons. The van der Waals surface area contributed by atoms with Crippen molar-refractivity contribution in [2.24, 2.45) is 0 Å². The van der Waals surface area contributed by atoms with Crippen LogP contribution in [0.1, 0.15) is 19.9 Å². The van der Waals surface area contributed by atoms with Crippen molar-refractivity contribution in [1.29, 1.82) is 0 Å². The highest BCUT2D eigenvalue weighted by Gasteiger charge is 2.19. The maximum atomic E-state index is 12.5. The van der Waals surface area contributed by atoms with Gasteiger partial charge in [0.2, 0.25) is 0 Å². The van der Waals surface area contributed by atoms with Crippen LogP contribution >= 0.6 is 0 Å². The Morgan fingerprint density at radius 3 is 2.46 bits per heavy atom. The van der Waals surface area contributed by atoms with Gasteiger partial charge in [-0.1, -0.05) is 0 Å². The van der Waals surface area contributed by atoms with Gasteiger partial charge < -0.3 is 9.80 Å². The second kappa shape index (κ2) is 6.74. The highest BCUT2D eigenvalue weighted by Crippen LogP contribution is 2.22. The lowest BCUT2D eigenvalue weighted by Crippen LogP contribution is -2.46. The summed E-state index contributed by atoms with van der Waals surface area (Å²) in [6.07, 6.45) is 5.00. The Morgan fingerprint density at radius 1 is 1.00 bits per heavy atom. The fourth-order valence-corrected chi connectivity index (χ4v) is 3.35. The smallest absolute Gasteiger partial charge is 0.261 e. The predicted octanol–water partition coefficient (Wildman–Crippen LogP) is 2.09. The maximum Gasteiger partial charge on any atom is 0.261 e. The Morgan fingerprint density at radius 2 is 1.77 bits per heavy atom. The molecule has 0 aliphatic carbocycles. The Kier molecular flexibility index (Phi) is 4.28. The summed E-state index contributed by atoms with van der Waals surface area (Å²) in [5, 5.41) is 0.671. The van der Waals surface area contributed by atoms with E-state index in [0.29, 0.717) is 5.39 Å². The highest BCUT2D eigenvalue weighted by molar-refractivity contribution is 5.81. The van der Waals surface area contributed by atoms with Crippen LogP contribution in [0.25, 0.3) is 10.9 Å². The molecule has 1 aromatic carbocycles. The van der Waals surface area contributed by atoms with Crippen LogP contribution in [0.3, 0.4) is 0 Å². The maximum absolute atomic E-state index is 12.5. The number of aromatic nitrogens is 4. The third-order valence-corrected chi connectivity index (χ3v) is 4.86. The molecule has 7 nitrogen and oxygen atoms in total. The zero-order valence-electron chi connectivity index (χ0n) is 15.0. The summed E-state index contributed by atoms with van der Waals surface area (Å²) < 4.78 is 1.67. The standard InChI is InChI=1S/C19H22N6O/c1-14(2)25-13-22-17-11-15(3-4-16(17)19(25)26)23-7-9-24(10-8-23)18-5-6-20-12-21-18/h3-6,11-14H,7-10H2,1-2H3. The third kappa shape index (κ3) is 3.00. The van der Waals surface area contributed by atoms with Crippen molar-refractivity contribution >= 4 is 22.4 Å². The van der Waals surface area contributed by atoms with Crippen LogP contribution in [0.2, 0.25) is 0 Å². The minimum Gasteiger partial charge on any atom is -0.368 e. The lowest BCUT2D eigenvalue weighted by molar-refractivity contribution is 0.573. The first kappa shape index (κ1) is 16.5. The van der Waals surface area contributed by atoms with Crippen molar-refractivity contribution < 1.29 is 0 Å². The molecule has 0 saturated carbocycles. The molecule has 3 aromatic rings. The van der Waals surface area contributed by atoms with E-state index in [2.05, 4.69) is 24.8 Å². The molecule has 2 aromatic heterocycles. The Labute approximate surface area is 151 Å². The van der Waals surface area contributed by atoms with Crippen molar-refractivity contribution in [3.8, 4) is 0 Å². The molecule has 0 unspecified atom stereocenters. The molecule has 7 heteroatoms. The van der Waals surface area contributed by atoms with Crippen LogP contribution in [-0.4, -0.2) is 45.7 Å². The van der Waals surface area contributed by atoms with Gasteiger partial charge in [0.05, 0.1) is 17.2 Å². The number of hydrogen-bond donors (Lipinski definition) is 0. The summed E-state index contributed by atoms with van der Waals surface area (Å²) in [6.45, 7) is 7.58. The van der Waals surface area contributed by atoms with Gasteiger partial charge in [0.25, 0.3) is 5.56 Å².